The number of nitriles is 1. The molecule has 1 aliphatic heterocycles. The summed E-state index contributed by atoms with van der Waals surface area (Å²) in [6, 6.07) is 5.42. The Morgan fingerprint density at radius 1 is 1.19 bits per heavy atom. The van der Waals surface area contributed by atoms with E-state index in [9.17, 15) is 4.79 Å². The van der Waals surface area contributed by atoms with Gasteiger partial charge in [-0.25, -0.2) is 15.0 Å². The highest BCUT2D eigenvalue weighted by atomic mass is 16.2. The summed E-state index contributed by atoms with van der Waals surface area (Å²) in [4.78, 5) is 27.6. The molecule has 1 aliphatic carbocycles. The smallest absolute Gasteiger partial charge is 0.237 e. The standard InChI is InChI=1S/C21H19N5O/c1-13-23-10-15(11-24-13)14-4-7-18-19(8-14)26(20(27)21(18,2)3)17-6-5-16(9-22)25-12-17/h4-6,8,10-12,18H,7H2,1-3H3. The SMILES string of the molecule is Cc1ncc(C2=CCC3C(=C2)N(c2ccc(C#N)nc2)C(=O)C3(C)C)cn1. The molecule has 0 spiro atoms. The number of fused-ring (bicyclic) bond motifs is 1. The number of rotatable bonds is 2. The minimum absolute atomic E-state index is 0.0417. The molecular weight excluding hydrogens is 338 g/mol. The Hall–Kier alpha value is -3.33. The summed E-state index contributed by atoms with van der Waals surface area (Å²) in [5.74, 6) is 0.860. The first kappa shape index (κ1) is 17.1. The molecule has 0 N–H and O–H groups in total. The molecule has 1 saturated heterocycles. The van der Waals surface area contributed by atoms with Crippen LogP contribution in [0.5, 0.6) is 0 Å². The Kier molecular flexibility index (Phi) is 3.88. The van der Waals surface area contributed by atoms with Gasteiger partial charge in [-0.1, -0.05) is 19.9 Å². The number of aromatic nitrogens is 3. The minimum Gasteiger partial charge on any atom is -0.282 e. The van der Waals surface area contributed by atoms with Crippen LogP contribution in [0.25, 0.3) is 5.57 Å². The van der Waals surface area contributed by atoms with Gasteiger partial charge in [0.15, 0.2) is 0 Å². The van der Waals surface area contributed by atoms with E-state index in [2.05, 4.69) is 21.0 Å². The van der Waals surface area contributed by atoms with E-state index >= 15 is 0 Å². The van der Waals surface area contributed by atoms with Crippen molar-refractivity contribution < 1.29 is 4.79 Å². The lowest BCUT2D eigenvalue weighted by Crippen LogP contribution is -2.31. The van der Waals surface area contributed by atoms with Crippen molar-refractivity contribution in [3.63, 3.8) is 0 Å². The van der Waals surface area contributed by atoms with Crippen LogP contribution in [0.2, 0.25) is 0 Å². The normalized spacial score (nSPS) is 20.6. The van der Waals surface area contributed by atoms with E-state index in [4.69, 9.17) is 5.26 Å². The minimum atomic E-state index is -0.508. The van der Waals surface area contributed by atoms with Gasteiger partial charge >= 0.3 is 0 Å². The topological polar surface area (TPSA) is 82.8 Å². The Morgan fingerprint density at radius 3 is 2.56 bits per heavy atom. The van der Waals surface area contributed by atoms with Gasteiger partial charge in [-0.2, -0.15) is 5.26 Å². The van der Waals surface area contributed by atoms with Crippen LogP contribution < -0.4 is 4.90 Å². The molecule has 0 bridgehead atoms. The molecule has 1 unspecified atom stereocenters. The molecule has 2 aliphatic rings. The highest BCUT2D eigenvalue weighted by Gasteiger charge is 2.51. The van der Waals surface area contributed by atoms with E-state index in [1.807, 2.05) is 32.9 Å². The fourth-order valence-electron chi connectivity index (χ4n) is 3.72. The largest absolute Gasteiger partial charge is 0.282 e. The van der Waals surface area contributed by atoms with Crippen molar-refractivity contribution in [3.8, 4) is 6.07 Å². The summed E-state index contributed by atoms with van der Waals surface area (Å²) < 4.78 is 0. The number of pyridine rings is 1. The Balaban J connectivity index is 1.78. The third kappa shape index (κ3) is 2.72. The first-order valence-electron chi connectivity index (χ1n) is 8.83. The van der Waals surface area contributed by atoms with E-state index < -0.39 is 5.41 Å². The molecule has 3 heterocycles. The molecule has 2 aromatic heterocycles. The Labute approximate surface area is 157 Å². The molecule has 2 aromatic rings. The number of allylic oxidation sites excluding steroid dienone is 4. The van der Waals surface area contributed by atoms with Crippen molar-refractivity contribution in [2.75, 3.05) is 4.90 Å². The van der Waals surface area contributed by atoms with Crippen LogP contribution in [0.1, 0.15) is 37.4 Å². The zero-order valence-corrected chi connectivity index (χ0v) is 15.5. The zero-order valence-electron chi connectivity index (χ0n) is 15.5. The lowest BCUT2D eigenvalue weighted by Gasteiger charge is -2.26. The molecule has 0 aromatic carbocycles. The van der Waals surface area contributed by atoms with E-state index in [1.165, 1.54) is 0 Å². The maximum absolute atomic E-state index is 13.2. The summed E-state index contributed by atoms with van der Waals surface area (Å²) in [5, 5.41) is 8.97. The highest BCUT2D eigenvalue weighted by molar-refractivity contribution is 6.04. The van der Waals surface area contributed by atoms with Crippen LogP contribution in [-0.4, -0.2) is 20.9 Å². The quantitative estimate of drug-likeness (QED) is 0.822. The van der Waals surface area contributed by atoms with Gasteiger partial charge in [0.2, 0.25) is 5.91 Å². The summed E-state index contributed by atoms with van der Waals surface area (Å²) >= 11 is 0. The van der Waals surface area contributed by atoms with Crippen molar-refractivity contribution in [2.24, 2.45) is 11.3 Å². The number of aryl methyl sites for hydroxylation is 1. The van der Waals surface area contributed by atoms with Crippen molar-refractivity contribution in [2.45, 2.75) is 27.2 Å². The predicted octanol–water partition coefficient (Wildman–Crippen LogP) is 3.41. The summed E-state index contributed by atoms with van der Waals surface area (Å²) in [6.45, 7) is 5.82. The molecule has 6 nitrogen and oxygen atoms in total. The number of carbonyl (C=O) groups is 1. The van der Waals surface area contributed by atoms with Crippen LogP contribution in [-0.2, 0) is 4.79 Å². The van der Waals surface area contributed by atoms with Crippen LogP contribution in [0.4, 0.5) is 5.69 Å². The maximum Gasteiger partial charge on any atom is 0.237 e. The summed E-state index contributed by atoms with van der Waals surface area (Å²) in [7, 11) is 0. The van der Waals surface area contributed by atoms with E-state index in [1.54, 1.807) is 35.6 Å². The predicted molar refractivity (Wildman–Crippen MR) is 101 cm³/mol. The zero-order chi connectivity index (χ0) is 19.2. The van der Waals surface area contributed by atoms with Crippen LogP contribution in [0.3, 0.4) is 0 Å². The molecule has 1 atom stereocenters. The van der Waals surface area contributed by atoms with Gasteiger partial charge in [0.25, 0.3) is 0 Å². The second-order valence-corrected chi connectivity index (χ2v) is 7.41. The number of carbonyl (C=O) groups excluding carboxylic acids is 1. The van der Waals surface area contributed by atoms with E-state index in [0.717, 1.165) is 29.1 Å². The molecule has 134 valence electrons. The first-order valence-corrected chi connectivity index (χ1v) is 8.83. The van der Waals surface area contributed by atoms with Crippen molar-refractivity contribution in [1.29, 1.82) is 5.26 Å². The summed E-state index contributed by atoms with van der Waals surface area (Å²) in [5.41, 5.74) is 3.40. The van der Waals surface area contributed by atoms with Crippen LogP contribution in [0, 0.1) is 29.6 Å². The van der Waals surface area contributed by atoms with E-state index in [-0.39, 0.29) is 11.8 Å². The van der Waals surface area contributed by atoms with Crippen molar-refractivity contribution in [1.82, 2.24) is 15.0 Å². The van der Waals surface area contributed by atoms with Crippen LogP contribution >= 0.6 is 0 Å². The summed E-state index contributed by atoms with van der Waals surface area (Å²) in [6.07, 6.45) is 10.2. The van der Waals surface area contributed by atoms with Gasteiger partial charge in [-0.05, 0) is 37.1 Å². The average molecular weight is 357 g/mol. The molecule has 1 fully saturated rings. The first-order chi connectivity index (χ1) is 12.9. The van der Waals surface area contributed by atoms with Gasteiger partial charge in [-0.3, -0.25) is 9.69 Å². The number of hydrogen-bond acceptors (Lipinski definition) is 5. The lowest BCUT2D eigenvalue weighted by molar-refractivity contribution is -0.125. The fourth-order valence-corrected chi connectivity index (χ4v) is 3.72. The van der Waals surface area contributed by atoms with Gasteiger partial charge in [-0.15, -0.1) is 0 Å². The third-order valence-corrected chi connectivity index (χ3v) is 5.35. The maximum atomic E-state index is 13.2. The fraction of sp³-hybridized carbons (Fsp3) is 0.286. The molecule has 0 saturated carbocycles. The molecule has 27 heavy (non-hydrogen) atoms. The number of nitrogens with zero attached hydrogens (tertiary/aromatic N) is 5. The molecule has 0 radical (unpaired) electrons. The van der Waals surface area contributed by atoms with Gasteiger partial charge in [0, 0.05) is 29.6 Å². The highest BCUT2D eigenvalue weighted by Crippen LogP contribution is 2.50. The number of hydrogen-bond donors (Lipinski definition) is 0. The lowest BCUT2D eigenvalue weighted by atomic mass is 9.75. The monoisotopic (exact) mass is 357 g/mol. The second-order valence-electron chi connectivity index (χ2n) is 7.41. The Morgan fingerprint density at radius 2 is 1.93 bits per heavy atom. The number of amides is 1. The van der Waals surface area contributed by atoms with E-state index in [0.29, 0.717) is 11.4 Å². The Bertz CT molecular complexity index is 1010. The second kappa shape index (κ2) is 6.13. The molecular formula is C21H19N5O. The van der Waals surface area contributed by atoms with Gasteiger partial charge in [0.1, 0.15) is 17.6 Å². The van der Waals surface area contributed by atoms with Gasteiger partial charge in [0.05, 0.1) is 17.3 Å². The third-order valence-electron chi connectivity index (χ3n) is 5.35. The molecule has 1 amide bonds. The average Bonchev–Trinajstić information content (AvgIpc) is 2.88. The van der Waals surface area contributed by atoms with Crippen LogP contribution in [0.15, 0.2) is 48.6 Å². The molecule has 4 rings (SSSR count). The number of anilines is 1. The molecule has 6 heteroatoms. The van der Waals surface area contributed by atoms with Crippen molar-refractivity contribution >= 4 is 17.2 Å². The van der Waals surface area contributed by atoms with Gasteiger partial charge < -0.3 is 0 Å². The van der Waals surface area contributed by atoms with Crippen molar-refractivity contribution in [3.05, 3.63) is 65.7 Å².